The first kappa shape index (κ1) is 18.1. The summed E-state index contributed by atoms with van der Waals surface area (Å²) in [6.45, 7) is 0. The molecule has 0 saturated heterocycles. The molecular formula is C18H13ClF2N6O. The molecule has 2 N–H and O–H groups in total. The first-order valence-corrected chi connectivity index (χ1v) is 8.53. The number of halogens is 3. The van der Waals surface area contributed by atoms with Crippen LogP contribution in [0.1, 0.15) is 22.6 Å². The Hall–Kier alpha value is -3.33. The lowest BCUT2D eigenvalue weighted by Gasteiger charge is -2.07. The molecule has 0 atom stereocenters. The van der Waals surface area contributed by atoms with Gasteiger partial charge in [-0.2, -0.15) is 5.10 Å². The van der Waals surface area contributed by atoms with Gasteiger partial charge in [0.2, 0.25) is 5.82 Å². The lowest BCUT2D eigenvalue weighted by Crippen LogP contribution is -2.18. The second kappa shape index (κ2) is 7.01. The first-order chi connectivity index (χ1) is 13.4. The van der Waals surface area contributed by atoms with Crippen molar-refractivity contribution < 1.29 is 13.6 Å². The standard InChI is InChI=1S/C18H13ClF2N6O/c1-27-17(22-8-23-27)18(28)26-14-5-2-9-6-13(24-16(9)25-14)12-7-10(19)3-4-11(12)15(20)21/h2-8,15H,1H3,(H2,24,25,26,28). The Kier molecular flexibility index (Phi) is 4.52. The number of benzene rings is 1. The maximum atomic E-state index is 13.3. The van der Waals surface area contributed by atoms with Crippen LogP contribution in [0, 0.1) is 0 Å². The topological polar surface area (TPSA) is 88.5 Å². The number of carbonyl (C=O) groups is 1. The minimum absolute atomic E-state index is 0.133. The van der Waals surface area contributed by atoms with E-state index in [1.807, 2.05) is 0 Å². The number of hydrogen-bond donors (Lipinski definition) is 2. The number of carbonyl (C=O) groups excluding carboxylic acids is 1. The SMILES string of the molecule is Cn1ncnc1C(=O)Nc1ccc2cc(-c3cc(Cl)ccc3C(F)F)[nH]c2n1. The number of anilines is 1. The Morgan fingerprint density at radius 3 is 2.79 bits per heavy atom. The molecule has 28 heavy (non-hydrogen) atoms. The summed E-state index contributed by atoms with van der Waals surface area (Å²) in [5.74, 6) is -0.0443. The number of aromatic nitrogens is 5. The zero-order valence-corrected chi connectivity index (χ0v) is 15.2. The van der Waals surface area contributed by atoms with Crippen LogP contribution in [-0.4, -0.2) is 30.6 Å². The summed E-state index contributed by atoms with van der Waals surface area (Å²) in [5, 5.41) is 7.52. The van der Waals surface area contributed by atoms with Gasteiger partial charge in [-0.25, -0.2) is 23.4 Å². The highest BCUT2D eigenvalue weighted by molar-refractivity contribution is 6.30. The molecule has 1 aromatic carbocycles. The number of aromatic amines is 1. The van der Waals surface area contributed by atoms with Gasteiger partial charge in [0.15, 0.2) is 0 Å². The van der Waals surface area contributed by atoms with Crippen LogP contribution in [0.3, 0.4) is 0 Å². The Balaban J connectivity index is 1.69. The molecule has 4 aromatic rings. The van der Waals surface area contributed by atoms with Gasteiger partial charge in [0.1, 0.15) is 17.8 Å². The van der Waals surface area contributed by atoms with Gasteiger partial charge in [0.25, 0.3) is 12.3 Å². The summed E-state index contributed by atoms with van der Waals surface area (Å²) in [4.78, 5) is 23.4. The molecule has 0 fully saturated rings. The van der Waals surface area contributed by atoms with Crippen LogP contribution in [0.25, 0.3) is 22.3 Å². The van der Waals surface area contributed by atoms with Gasteiger partial charge in [0, 0.05) is 34.3 Å². The van der Waals surface area contributed by atoms with Crippen molar-refractivity contribution in [2.75, 3.05) is 5.32 Å². The van der Waals surface area contributed by atoms with E-state index in [0.29, 0.717) is 27.3 Å². The number of H-pyrrole nitrogens is 1. The second-order valence-electron chi connectivity index (χ2n) is 6.01. The normalized spacial score (nSPS) is 11.3. The van der Waals surface area contributed by atoms with Crippen molar-refractivity contribution in [2.45, 2.75) is 6.43 Å². The molecule has 0 aliphatic carbocycles. The van der Waals surface area contributed by atoms with Crippen molar-refractivity contribution in [3.8, 4) is 11.3 Å². The molecule has 3 heterocycles. The molecule has 0 spiro atoms. The molecule has 0 unspecified atom stereocenters. The number of hydrogen-bond acceptors (Lipinski definition) is 4. The van der Waals surface area contributed by atoms with Gasteiger partial charge in [0.05, 0.1) is 0 Å². The Labute approximate surface area is 162 Å². The van der Waals surface area contributed by atoms with Crippen molar-refractivity contribution in [3.63, 3.8) is 0 Å². The van der Waals surface area contributed by atoms with Gasteiger partial charge in [-0.1, -0.05) is 17.7 Å². The number of nitrogens with zero attached hydrogens (tertiary/aromatic N) is 4. The van der Waals surface area contributed by atoms with E-state index in [4.69, 9.17) is 11.6 Å². The largest absolute Gasteiger partial charge is 0.339 e. The zero-order valence-electron chi connectivity index (χ0n) is 14.4. The maximum absolute atomic E-state index is 13.3. The maximum Gasteiger partial charge on any atom is 0.294 e. The number of pyridine rings is 1. The van der Waals surface area contributed by atoms with Crippen molar-refractivity contribution >= 4 is 34.4 Å². The van der Waals surface area contributed by atoms with E-state index >= 15 is 0 Å². The third-order valence-corrected chi connectivity index (χ3v) is 4.41. The van der Waals surface area contributed by atoms with Crippen molar-refractivity contribution in [2.24, 2.45) is 7.05 Å². The van der Waals surface area contributed by atoms with Crippen LogP contribution >= 0.6 is 11.6 Å². The van der Waals surface area contributed by atoms with Crippen molar-refractivity contribution in [1.82, 2.24) is 24.7 Å². The van der Waals surface area contributed by atoms with E-state index in [1.165, 1.54) is 29.2 Å². The molecule has 0 bridgehead atoms. The minimum Gasteiger partial charge on any atom is -0.339 e. The van der Waals surface area contributed by atoms with Crippen molar-refractivity contribution in [3.05, 3.63) is 59.1 Å². The van der Waals surface area contributed by atoms with E-state index < -0.39 is 12.3 Å². The van der Waals surface area contributed by atoms with Crippen LogP contribution in [-0.2, 0) is 7.05 Å². The van der Waals surface area contributed by atoms with Gasteiger partial charge < -0.3 is 10.3 Å². The minimum atomic E-state index is -2.65. The number of nitrogens with one attached hydrogen (secondary N) is 2. The monoisotopic (exact) mass is 402 g/mol. The summed E-state index contributed by atoms with van der Waals surface area (Å²) in [6, 6.07) is 9.24. The highest BCUT2D eigenvalue weighted by atomic mass is 35.5. The first-order valence-electron chi connectivity index (χ1n) is 8.15. The van der Waals surface area contributed by atoms with E-state index in [0.717, 1.165) is 0 Å². The summed E-state index contributed by atoms with van der Waals surface area (Å²) >= 11 is 5.98. The van der Waals surface area contributed by atoms with Crippen LogP contribution in [0.5, 0.6) is 0 Å². The van der Waals surface area contributed by atoms with Gasteiger partial charge in [-0.3, -0.25) is 4.79 Å². The Morgan fingerprint density at radius 2 is 2.07 bits per heavy atom. The average Bonchev–Trinajstić information content (AvgIpc) is 3.27. The summed E-state index contributed by atoms with van der Waals surface area (Å²) in [5.41, 5.74) is 1.06. The van der Waals surface area contributed by atoms with Crippen LogP contribution < -0.4 is 5.32 Å². The number of aryl methyl sites for hydroxylation is 1. The lowest BCUT2D eigenvalue weighted by atomic mass is 10.0. The van der Waals surface area contributed by atoms with Gasteiger partial charge in [-0.05, 0) is 30.3 Å². The van der Waals surface area contributed by atoms with E-state index in [1.54, 1.807) is 25.2 Å². The highest BCUT2D eigenvalue weighted by Gasteiger charge is 2.17. The fourth-order valence-electron chi connectivity index (χ4n) is 2.85. The lowest BCUT2D eigenvalue weighted by molar-refractivity contribution is 0.101. The third-order valence-electron chi connectivity index (χ3n) is 4.18. The summed E-state index contributed by atoms with van der Waals surface area (Å²) < 4.78 is 28.0. The number of amides is 1. The molecule has 3 aromatic heterocycles. The number of rotatable bonds is 4. The van der Waals surface area contributed by atoms with E-state index in [2.05, 4.69) is 25.4 Å². The fourth-order valence-corrected chi connectivity index (χ4v) is 3.02. The molecular weight excluding hydrogens is 390 g/mol. The average molecular weight is 403 g/mol. The molecule has 4 rings (SSSR count). The third kappa shape index (κ3) is 3.31. The molecule has 142 valence electrons. The van der Waals surface area contributed by atoms with Crippen LogP contribution in [0.4, 0.5) is 14.6 Å². The van der Waals surface area contributed by atoms with Crippen LogP contribution in [0.15, 0.2) is 42.7 Å². The van der Waals surface area contributed by atoms with Crippen LogP contribution in [0.2, 0.25) is 5.02 Å². The molecule has 1 amide bonds. The Bertz CT molecular complexity index is 1190. The van der Waals surface area contributed by atoms with E-state index in [9.17, 15) is 13.6 Å². The van der Waals surface area contributed by atoms with E-state index in [-0.39, 0.29) is 17.2 Å². The fraction of sp³-hybridized carbons (Fsp3) is 0.111. The molecule has 0 aliphatic heterocycles. The predicted molar refractivity (Wildman–Crippen MR) is 100 cm³/mol. The summed E-state index contributed by atoms with van der Waals surface area (Å²) in [6.07, 6.45) is -1.37. The second-order valence-corrected chi connectivity index (χ2v) is 6.45. The van der Waals surface area contributed by atoms with Gasteiger partial charge in [-0.15, -0.1) is 0 Å². The molecule has 0 saturated carbocycles. The highest BCUT2D eigenvalue weighted by Crippen LogP contribution is 2.34. The Morgan fingerprint density at radius 1 is 1.25 bits per heavy atom. The number of fused-ring (bicyclic) bond motifs is 1. The van der Waals surface area contributed by atoms with Crippen molar-refractivity contribution in [1.29, 1.82) is 0 Å². The smallest absolute Gasteiger partial charge is 0.294 e. The molecule has 0 aliphatic rings. The number of alkyl halides is 2. The zero-order chi connectivity index (χ0) is 19.8. The molecule has 7 nitrogen and oxygen atoms in total. The molecule has 0 radical (unpaired) electrons. The quantitative estimate of drug-likeness (QED) is 0.535. The molecule has 10 heteroatoms. The predicted octanol–water partition coefficient (Wildman–Crippen LogP) is 4.20. The summed E-state index contributed by atoms with van der Waals surface area (Å²) in [7, 11) is 1.60. The van der Waals surface area contributed by atoms with Gasteiger partial charge >= 0.3 is 0 Å².